The van der Waals surface area contributed by atoms with Crippen LogP contribution in [0.2, 0.25) is 5.02 Å². The molecule has 0 radical (unpaired) electrons. The maximum Gasteiger partial charge on any atom is 0.305 e. The number of benzene rings is 3. The lowest BCUT2D eigenvalue weighted by Crippen LogP contribution is -2.32. The number of ether oxygens (including phenoxy) is 1. The Bertz CT molecular complexity index is 1520. The molecule has 0 saturated carbocycles. The van der Waals surface area contributed by atoms with Gasteiger partial charge in [-0.25, -0.2) is 4.90 Å². The van der Waals surface area contributed by atoms with Crippen molar-refractivity contribution in [3.05, 3.63) is 110 Å². The van der Waals surface area contributed by atoms with Crippen LogP contribution in [0.5, 0.6) is 5.75 Å². The summed E-state index contributed by atoms with van der Waals surface area (Å²) in [6.07, 6.45) is 0. The summed E-state index contributed by atoms with van der Waals surface area (Å²) in [4.78, 5) is 44.2. The molecule has 1 saturated heterocycles. The highest BCUT2D eigenvalue weighted by atomic mass is 35.5. The van der Waals surface area contributed by atoms with Crippen LogP contribution in [0.1, 0.15) is 21.9 Å². The van der Waals surface area contributed by atoms with Gasteiger partial charge in [0, 0.05) is 15.8 Å². The van der Waals surface area contributed by atoms with Crippen LogP contribution >= 0.6 is 34.7 Å². The van der Waals surface area contributed by atoms with E-state index in [0.29, 0.717) is 28.1 Å². The zero-order chi connectivity index (χ0) is 24.8. The molecule has 1 aromatic heterocycles. The monoisotopic (exact) mass is 534 g/mol. The summed E-state index contributed by atoms with van der Waals surface area (Å²) in [5.74, 6) is -1.03. The van der Waals surface area contributed by atoms with Crippen molar-refractivity contribution < 1.29 is 14.3 Å². The Morgan fingerprint density at radius 3 is 2.47 bits per heavy atom. The van der Waals surface area contributed by atoms with Crippen molar-refractivity contribution in [2.75, 3.05) is 4.90 Å². The van der Waals surface area contributed by atoms with Gasteiger partial charge in [-0.1, -0.05) is 77.2 Å². The largest absolute Gasteiger partial charge is 0.489 e. The second-order valence-corrected chi connectivity index (χ2v) is 11.2. The number of nitrogens with zero attached hydrogens (tertiary/aromatic N) is 1. The molecule has 0 unspecified atom stereocenters. The summed E-state index contributed by atoms with van der Waals surface area (Å²) in [5, 5.41) is 0.519. The van der Waals surface area contributed by atoms with Gasteiger partial charge < -0.3 is 9.72 Å². The molecule has 1 N–H and O–H groups in total. The van der Waals surface area contributed by atoms with Crippen molar-refractivity contribution in [2.24, 2.45) is 5.92 Å². The molecule has 6 nitrogen and oxygen atoms in total. The predicted octanol–water partition coefficient (Wildman–Crippen LogP) is 5.46. The van der Waals surface area contributed by atoms with Crippen LogP contribution in [0.15, 0.2) is 88.7 Å². The molecule has 0 aliphatic carbocycles. The van der Waals surface area contributed by atoms with E-state index < -0.39 is 17.1 Å². The topological polar surface area (TPSA) is 79.5 Å². The lowest BCUT2D eigenvalue weighted by molar-refractivity contribution is -0.122. The number of rotatable bonds is 5. The van der Waals surface area contributed by atoms with E-state index in [9.17, 15) is 14.4 Å². The fourth-order valence-electron chi connectivity index (χ4n) is 4.76. The minimum atomic E-state index is -0.651. The zero-order valence-corrected chi connectivity index (χ0v) is 21.1. The van der Waals surface area contributed by atoms with Gasteiger partial charge >= 0.3 is 4.87 Å². The molecule has 3 heterocycles. The molecule has 180 valence electrons. The Labute approximate surface area is 219 Å². The predicted molar refractivity (Wildman–Crippen MR) is 141 cm³/mol. The Morgan fingerprint density at radius 1 is 0.917 bits per heavy atom. The maximum atomic E-state index is 13.8. The first-order valence-corrected chi connectivity index (χ1v) is 13.4. The van der Waals surface area contributed by atoms with Gasteiger partial charge in [0.15, 0.2) is 0 Å². The average Bonchev–Trinajstić information content (AvgIpc) is 3.38. The van der Waals surface area contributed by atoms with E-state index in [2.05, 4.69) is 4.98 Å². The Hall–Kier alpha value is -3.33. The molecule has 1 fully saturated rings. The highest BCUT2D eigenvalue weighted by Crippen LogP contribution is 2.53. The third-order valence-electron chi connectivity index (χ3n) is 6.37. The lowest BCUT2D eigenvalue weighted by Gasteiger charge is -2.30. The van der Waals surface area contributed by atoms with Gasteiger partial charge in [0.1, 0.15) is 17.6 Å². The molecule has 9 heteroatoms. The number of amides is 2. The summed E-state index contributed by atoms with van der Waals surface area (Å²) >= 11 is 8.37. The summed E-state index contributed by atoms with van der Waals surface area (Å²) in [6, 6.07) is 24.1. The van der Waals surface area contributed by atoms with Gasteiger partial charge in [-0.05, 0) is 47.5 Å². The van der Waals surface area contributed by atoms with Crippen molar-refractivity contribution >= 4 is 52.2 Å². The molecule has 3 atom stereocenters. The molecule has 0 spiro atoms. The smallest absolute Gasteiger partial charge is 0.305 e. The molecule has 6 rings (SSSR count). The normalized spacial score (nSPS) is 20.8. The average molecular weight is 535 g/mol. The minimum Gasteiger partial charge on any atom is -0.489 e. The van der Waals surface area contributed by atoms with Gasteiger partial charge in [0.05, 0.1) is 16.6 Å². The summed E-state index contributed by atoms with van der Waals surface area (Å²) in [7, 11) is 0. The summed E-state index contributed by atoms with van der Waals surface area (Å²) < 4.78 is 6.03. The number of thiazole rings is 1. The van der Waals surface area contributed by atoms with Crippen molar-refractivity contribution in [3.63, 3.8) is 0 Å². The van der Waals surface area contributed by atoms with Crippen LogP contribution in [-0.4, -0.2) is 22.0 Å². The minimum absolute atomic E-state index is 0.205. The highest BCUT2D eigenvalue weighted by molar-refractivity contribution is 8.00. The SMILES string of the molecule is O=C1[C@H]2[C@H](c3cccc(OCc4ccccc4)c3)c3sc(=O)[nH]c3S[C@H]2C(=O)N1c1ccc(Cl)cc1. The third-order valence-corrected chi connectivity index (χ3v) is 9.03. The number of aromatic amines is 1. The fourth-order valence-corrected chi connectivity index (χ4v) is 7.40. The first-order chi connectivity index (χ1) is 17.5. The number of carbonyl (C=O) groups is 2. The molecule has 0 bridgehead atoms. The molecule has 36 heavy (non-hydrogen) atoms. The van der Waals surface area contributed by atoms with Crippen molar-refractivity contribution in [1.82, 2.24) is 4.98 Å². The van der Waals surface area contributed by atoms with E-state index in [0.717, 1.165) is 27.3 Å². The number of hydrogen-bond acceptors (Lipinski definition) is 6. The zero-order valence-electron chi connectivity index (χ0n) is 18.7. The van der Waals surface area contributed by atoms with Gasteiger partial charge in [-0.2, -0.15) is 0 Å². The number of anilines is 1. The third kappa shape index (κ3) is 4.05. The Kier molecular flexibility index (Phi) is 5.95. The summed E-state index contributed by atoms with van der Waals surface area (Å²) in [6.45, 7) is 0.404. The number of imide groups is 1. The van der Waals surface area contributed by atoms with Crippen LogP contribution in [-0.2, 0) is 16.2 Å². The van der Waals surface area contributed by atoms with E-state index in [1.54, 1.807) is 24.3 Å². The Morgan fingerprint density at radius 2 is 1.69 bits per heavy atom. The van der Waals surface area contributed by atoms with Crippen molar-refractivity contribution in [1.29, 1.82) is 0 Å². The second-order valence-electron chi connectivity index (χ2n) is 8.58. The summed E-state index contributed by atoms with van der Waals surface area (Å²) in [5.41, 5.74) is 2.35. The van der Waals surface area contributed by atoms with E-state index in [1.165, 1.54) is 16.7 Å². The van der Waals surface area contributed by atoms with Gasteiger partial charge in [0.25, 0.3) is 0 Å². The van der Waals surface area contributed by atoms with Crippen molar-refractivity contribution in [2.45, 2.75) is 22.8 Å². The Balaban J connectivity index is 1.38. The first-order valence-electron chi connectivity index (χ1n) is 11.3. The molecular weight excluding hydrogens is 516 g/mol. The van der Waals surface area contributed by atoms with E-state index in [-0.39, 0.29) is 16.7 Å². The number of H-pyrrole nitrogens is 1. The van der Waals surface area contributed by atoms with E-state index in [4.69, 9.17) is 16.3 Å². The number of carbonyl (C=O) groups excluding carboxylic acids is 2. The van der Waals surface area contributed by atoms with Crippen LogP contribution in [0.25, 0.3) is 0 Å². The number of hydrogen-bond donors (Lipinski definition) is 1. The molecule has 3 aromatic carbocycles. The molecule has 2 aliphatic rings. The number of nitrogens with one attached hydrogen (secondary N) is 1. The first kappa shape index (κ1) is 23.1. The van der Waals surface area contributed by atoms with Crippen molar-refractivity contribution in [3.8, 4) is 5.75 Å². The fraction of sp³-hybridized carbons (Fsp3) is 0.148. The van der Waals surface area contributed by atoms with Crippen LogP contribution in [0, 0.1) is 5.92 Å². The molecule has 2 aliphatic heterocycles. The van der Waals surface area contributed by atoms with E-state index >= 15 is 0 Å². The quantitative estimate of drug-likeness (QED) is 0.344. The molecular formula is C27H19ClN2O4S2. The maximum absolute atomic E-state index is 13.8. The van der Waals surface area contributed by atoms with E-state index in [1.807, 2.05) is 54.6 Å². The number of fused-ring (bicyclic) bond motifs is 2. The van der Waals surface area contributed by atoms with Crippen LogP contribution in [0.3, 0.4) is 0 Å². The van der Waals surface area contributed by atoms with Gasteiger partial charge in [-0.3, -0.25) is 14.4 Å². The second kappa shape index (κ2) is 9.28. The van der Waals surface area contributed by atoms with Crippen LogP contribution in [0.4, 0.5) is 5.69 Å². The lowest BCUT2D eigenvalue weighted by atomic mass is 9.83. The van der Waals surface area contributed by atoms with Crippen LogP contribution < -0.4 is 14.5 Å². The molecule has 4 aromatic rings. The standard InChI is InChI=1S/C27H19ClN2O4S2/c28-17-9-11-18(12-10-17)30-25(31)21-20(22-24(29-27(33)36-22)35-23(21)26(30)32)16-7-4-8-19(13-16)34-14-15-5-2-1-3-6-15/h1-13,20-21,23H,14H2,(H,29,33)/t20-,21-,23+/m0/s1. The highest BCUT2D eigenvalue weighted by Gasteiger charge is 2.56. The van der Waals surface area contributed by atoms with Gasteiger partial charge in [0.2, 0.25) is 11.8 Å². The molecule has 2 amide bonds. The number of aromatic nitrogens is 1. The number of halogens is 1. The van der Waals surface area contributed by atoms with Gasteiger partial charge in [-0.15, -0.1) is 0 Å². The number of thioether (sulfide) groups is 1.